The topological polar surface area (TPSA) is 109 Å². The van der Waals surface area contributed by atoms with Gasteiger partial charge < -0.3 is 24.5 Å². The fourth-order valence-corrected chi connectivity index (χ4v) is 5.83. The SMILES string of the molecule is CCN(C)CC(=O)N1Cc2nc(-c3cccc(-c4cccc(NC(=O)c5nc6c(n5C)CCNC6)c4C)c3C)oc2C1. The van der Waals surface area contributed by atoms with Crippen molar-refractivity contribution in [1.29, 1.82) is 0 Å². The maximum absolute atomic E-state index is 13.3. The second kappa shape index (κ2) is 11.2. The average Bonchev–Trinajstić information content (AvgIpc) is 3.66. The van der Waals surface area contributed by atoms with Crippen molar-refractivity contribution in [1.82, 2.24) is 29.7 Å². The smallest absolute Gasteiger partial charge is 0.291 e. The number of likely N-dealkylation sites (N-methyl/N-ethyl adjacent to an activating group) is 1. The number of rotatable bonds is 7. The normalized spacial score (nSPS) is 14.3. The van der Waals surface area contributed by atoms with Crippen LogP contribution in [0.1, 0.15) is 51.5 Å². The van der Waals surface area contributed by atoms with Crippen LogP contribution in [0.5, 0.6) is 0 Å². The molecule has 42 heavy (non-hydrogen) atoms. The van der Waals surface area contributed by atoms with Crippen LogP contribution in [-0.4, -0.2) is 62.8 Å². The molecule has 0 saturated carbocycles. The van der Waals surface area contributed by atoms with E-state index in [0.717, 1.165) is 75.9 Å². The van der Waals surface area contributed by atoms with E-state index in [1.165, 1.54) is 0 Å². The van der Waals surface area contributed by atoms with Gasteiger partial charge >= 0.3 is 0 Å². The minimum absolute atomic E-state index is 0.0780. The number of aromatic nitrogens is 3. The fraction of sp³-hybridized carbons (Fsp3) is 0.375. The summed E-state index contributed by atoms with van der Waals surface area (Å²) in [6.07, 6.45) is 0.858. The number of carbonyl (C=O) groups is 2. The highest BCUT2D eigenvalue weighted by Crippen LogP contribution is 2.37. The van der Waals surface area contributed by atoms with Gasteiger partial charge in [0, 0.05) is 43.5 Å². The van der Waals surface area contributed by atoms with E-state index in [-0.39, 0.29) is 11.8 Å². The molecule has 10 nitrogen and oxygen atoms in total. The van der Waals surface area contributed by atoms with Crippen LogP contribution in [0.4, 0.5) is 5.69 Å². The molecule has 4 heterocycles. The molecule has 2 aromatic heterocycles. The van der Waals surface area contributed by atoms with Gasteiger partial charge in [-0.1, -0.05) is 31.2 Å². The number of fused-ring (bicyclic) bond motifs is 2. The van der Waals surface area contributed by atoms with E-state index in [4.69, 9.17) is 9.40 Å². The van der Waals surface area contributed by atoms with Crippen LogP contribution in [0, 0.1) is 13.8 Å². The lowest BCUT2D eigenvalue weighted by Crippen LogP contribution is -2.35. The molecule has 0 radical (unpaired) electrons. The van der Waals surface area contributed by atoms with Gasteiger partial charge in [0.15, 0.2) is 5.82 Å². The van der Waals surface area contributed by atoms with Crippen molar-refractivity contribution in [2.45, 2.75) is 46.8 Å². The van der Waals surface area contributed by atoms with Gasteiger partial charge in [-0.15, -0.1) is 0 Å². The number of imidazole rings is 1. The molecule has 6 rings (SSSR count). The van der Waals surface area contributed by atoms with Crippen LogP contribution in [0.25, 0.3) is 22.6 Å². The number of carbonyl (C=O) groups excluding carboxylic acids is 2. The predicted molar refractivity (Wildman–Crippen MR) is 161 cm³/mol. The summed E-state index contributed by atoms with van der Waals surface area (Å²) in [5.41, 5.74) is 8.57. The maximum Gasteiger partial charge on any atom is 0.291 e. The molecule has 2 aliphatic heterocycles. The number of amides is 2. The molecule has 218 valence electrons. The second-order valence-corrected chi connectivity index (χ2v) is 11.2. The van der Waals surface area contributed by atoms with Gasteiger partial charge in [-0.25, -0.2) is 9.97 Å². The Balaban J connectivity index is 1.23. The van der Waals surface area contributed by atoms with E-state index in [2.05, 4.69) is 34.7 Å². The molecule has 0 saturated heterocycles. The zero-order valence-electron chi connectivity index (χ0n) is 24.9. The molecule has 2 amide bonds. The highest BCUT2D eigenvalue weighted by molar-refractivity contribution is 6.03. The van der Waals surface area contributed by atoms with Crippen molar-refractivity contribution in [3.05, 3.63) is 76.2 Å². The monoisotopic (exact) mass is 567 g/mol. The van der Waals surface area contributed by atoms with Crippen LogP contribution in [0.3, 0.4) is 0 Å². The van der Waals surface area contributed by atoms with Crippen molar-refractivity contribution in [2.75, 3.05) is 32.0 Å². The third-order valence-corrected chi connectivity index (χ3v) is 8.52. The van der Waals surface area contributed by atoms with E-state index < -0.39 is 0 Å². The largest absolute Gasteiger partial charge is 0.439 e. The minimum Gasteiger partial charge on any atom is -0.439 e. The number of benzene rings is 2. The predicted octanol–water partition coefficient (Wildman–Crippen LogP) is 4.05. The summed E-state index contributed by atoms with van der Waals surface area (Å²) >= 11 is 0. The highest BCUT2D eigenvalue weighted by Gasteiger charge is 2.30. The lowest BCUT2D eigenvalue weighted by atomic mass is 9.93. The Kier molecular flexibility index (Phi) is 7.42. The number of hydrogen-bond acceptors (Lipinski definition) is 7. The first-order chi connectivity index (χ1) is 20.2. The molecule has 2 N–H and O–H groups in total. The fourth-order valence-electron chi connectivity index (χ4n) is 5.83. The van der Waals surface area contributed by atoms with E-state index in [1.807, 2.05) is 61.7 Å². The van der Waals surface area contributed by atoms with Crippen molar-refractivity contribution in [2.24, 2.45) is 7.05 Å². The van der Waals surface area contributed by atoms with E-state index in [9.17, 15) is 9.59 Å². The summed E-state index contributed by atoms with van der Waals surface area (Å²) in [7, 11) is 3.84. The van der Waals surface area contributed by atoms with Crippen LogP contribution >= 0.6 is 0 Å². The molecule has 0 spiro atoms. The van der Waals surface area contributed by atoms with Crippen LogP contribution < -0.4 is 10.6 Å². The molecule has 0 fully saturated rings. The van der Waals surface area contributed by atoms with Gasteiger partial charge in [-0.2, -0.15) is 0 Å². The average molecular weight is 568 g/mol. The summed E-state index contributed by atoms with van der Waals surface area (Å²) in [6, 6.07) is 12.0. The summed E-state index contributed by atoms with van der Waals surface area (Å²) in [6.45, 7) is 9.79. The van der Waals surface area contributed by atoms with E-state index >= 15 is 0 Å². The number of anilines is 1. The van der Waals surface area contributed by atoms with Gasteiger partial charge in [-0.3, -0.25) is 14.5 Å². The molecule has 4 aromatic rings. The lowest BCUT2D eigenvalue weighted by Gasteiger charge is -2.19. The van der Waals surface area contributed by atoms with Crippen LogP contribution in [0.15, 0.2) is 40.8 Å². The number of nitrogens with one attached hydrogen (secondary N) is 2. The quantitative estimate of drug-likeness (QED) is 0.347. The third kappa shape index (κ3) is 5.01. The highest BCUT2D eigenvalue weighted by atomic mass is 16.4. The number of oxazole rings is 1. The molecule has 0 bridgehead atoms. The summed E-state index contributed by atoms with van der Waals surface area (Å²) in [5.74, 6) is 1.58. The standard InChI is InChI=1S/C32H37N7O3/c1-6-37(4)18-29(40)39-16-26-28(17-39)42-32(36-26)23-11-7-9-21(19(23)2)22-10-8-12-24(20(22)3)35-31(41)30-34-25-15-33-14-13-27(25)38(30)5/h7-12,33H,6,13-18H2,1-5H3,(H,35,41). The van der Waals surface area contributed by atoms with Crippen molar-refractivity contribution < 1.29 is 14.0 Å². The molecule has 0 aliphatic carbocycles. The lowest BCUT2D eigenvalue weighted by molar-refractivity contribution is -0.132. The Morgan fingerprint density at radius 3 is 2.50 bits per heavy atom. The molecule has 2 aliphatic rings. The molecule has 0 unspecified atom stereocenters. The molecule has 2 aromatic carbocycles. The Bertz CT molecular complexity index is 1660. The van der Waals surface area contributed by atoms with Crippen molar-refractivity contribution in [3.8, 4) is 22.6 Å². The first kappa shape index (κ1) is 27.9. The maximum atomic E-state index is 13.3. The minimum atomic E-state index is -0.221. The van der Waals surface area contributed by atoms with Gasteiger partial charge in [0.2, 0.25) is 11.8 Å². The van der Waals surface area contributed by atoms with Crippen molar-refractivity contribution >= 4 is 17.5 Å². The van der Waals surface area contributed by atoms with E-state index in [1.54, 1.807) is 4.90 Å². The first-order valence-electron chi connectivity index (χ1n) is 14.5. The summed E-state index contributed by atoms with van der Waals surface area (Å²) < 4.78 is 8.12. The zero-order valence-corrected chi connectivity index (χ0v) is 24.9. The van der Waals surface area contributed by atoms with Gasteiger partial charge in [-0.05, 0) is 61.8 Å². The zero-order chi connectivity index (χ0) is 29.5. The Morgan fingerprint density at radius 2 is 1.76 bits per heavy atom. The van der Waals surface area contributed by atoms with Crippen molar-refractivity contribution in [3.63, 3.8) is 0 Å². The molecular formula is C32H37N7O3. The first-order valence-corrected chi connectivity index (χ1v) is 14.5. The second-order valence-electron chi connectivity index (χ2n) is 11.2. The van der Waals surface area contributed by atoms with E-state index in [0.29, 0.717) is 37.9 Å². The Hall–Kier alpha value is -4.28. The number of hydrogen-bond donors (Lipinski definition) is 2. The molecule has 10 heteroatoms. The van der Waals surface area contributed by atoms with Gasteiger partial charge in [0.1, 0.15) is 11.5 Å². The van der Waals surface area contributed by atoms with Gasteiger partial charge in [0.25, 0.3) is 5.91 Å². The molecule has 0 atom stereocenters. The van der Waals surface area contributed by atoms with Gasteiger partial charge in [0.05, 0.1) is 25.3 Å². The number of nitrogens with zero attached hydrogens (tertiary/aromatic N) is 5. The Labute approximate surface area is 245 Å². The Morgan fingerprint density at radius 1 is 1.02 bits per heavy atom. The third-order valence-electron chi connectivity index (χ3n) is 8.52. The van der Waals surface area contributed by atoms with Crippen LogP contribution in [0.2, 0.25) is 0 Å². The molecular weight excluding hydrogens is 530 g/mol. The summed E-state index contributed by atoms with van der Waals surface area (Å²) in [5, 5.41) is 6.41. The summed E-state index contributed by atoms with van der Waals surface area (Å²) in [4.78, 5) is 39.1. The van der Waals surface area contributed by atoms with Crippen LogP contribution in [-0.2, 0) is 37.9 Å².